The van der Waals surface area contributed by atoms with E-state index in [2.05, 4.69) is 56.5 Å². The summed E-state index contributed by atoms with van der Waals surface area (Å²) in [5.74, 6) is 0.884. The van der Waals surface area contributed by atoms with E-state index in [9.17, 15) is 18.8 Å². The number of nitrogens with zero attached hydrogens (tertiary/aromatic N) is 6. The van der Waals surface area contributed by atoms with Crippen molar-refractivity contribution < 1.29 is 18.8 Å². The van der Waals surface area contributed by atoms with Gasteiger partial charge < -0.3 is 10.6 Å². The van der Waals surface area contributed by atoms with Crippen LogP contribution in [0.5, 0.6) is 0 Å². The Morgan fingerprint density at radius 3 is 1.40 bits per heavy atom. The van der Waals surface area contributed by atoms with Crippen molar-refractivity contribution in [2.24, 2.45) is 0 Å². The van der Waals surface area contributed by atoms with Gasteiger partial charge in [-0.1, -0.05) is 34.1 Å². The predicted octanol–water partition coefficient (Wildman–Crippen LogP) is 8.09. The molecule has 266 valence electrons. The molecule has 0 unspecified atom stereocenters. The zero-order valence-electron chi connectivity index (χ0n) is 29.6. The molecule has 3 heterocycles. The Labute approximate surface area is 308 Å². The van der Waals surface area contributed by atoms with Crippen molar-refractivity contribution in [1.82, 2.24) is 29.9 Å². The molecular formula is C39H38BrFN8O3. The fraction of sp³-hybridized carbons (Fsp3) is 0.308. The number of ketones is 3. The van der Waals surface area contributed by atoms with Gasteiger partial charge in [0.05, 0.1) is 39.0 Å². The maximum Gasteiger partial charge on any atom is 0.234 e. The van der Waals surface area contributed by atoms with Gasteiger partial charge in [-0.3, -0.25) is 14.4 Å². The van der Waals surface area contributed by atoms with E-state index < -0.39 is 5.95 Å². The fourth-order valence-corrected chi connectivity index (χ4v) is 5.76. The van der Waals surface area contributed by atoms with Gasteiger partial charge in [0.25, 0.3) is 0 Å². The summed E-state index contributed by atoms with van der Waals surface area (Å²) < 4.78 is 13.2. The maximum atomic E-state index is 13.2. The van der Waals surface area contributed by atoms with Crippen molar-refractivity contribution in [1.29, 1.82) is 0 Å². The second-order valence-electron chi connectivity index (χ2n) is 12.9. The maximum absolute atomic E-state index is 13.2. The van der Waals surface area contributed by atoms with Crippen molar-refractivity contribution in [3.05, 3.63) is 94.3 Å². The first kappa shape index (κ1) is 36.5. The SMILES string of the molecule is CC(=O)c1cccc2nc(C)c(F)nc12.CC(=O)c1cccc2nc(C)c(NC3CC3)nc12.Cc1nc2cccc(C(=O)CBr)c2nc1NC1CC1. The molecule has 2 N–H and O–H groups in total. The van der Waals surface area contributed by atoms with Gasteiger partial charge in [-0.25, -0.2) is 29.9 Å². The van der Waals surface area contributed by atoms with Gasteiger partial charge in [-0.2, -0.15) is 4.39 Å². The normalized spacial score (nSPS) is 13.5. The average molecular weight is 766 g/mol. The van der Waals surface area contributed by atoms with E-state index in [1.807, 2.05) is 38.1 Å². The number of hydrogen-bond donors (Lipinski definition) is 2. The van der Waals surface area contributed by atoms with Gasteiger partial charge in [0.1, 0.15) is 28.2 Å². The first-order chi connectivity index (χ1) is 24.9. The highest BCUT2D eigenvalue weighted by Gasteiger charge is 2.24. The van der Waals surface area contributed by atoms with Crippen LogP contribution in [0.3, 0.4) is 0 Å². The number of aryl methyl sites for hydroxylation is 3. The molecule has 6 aromatic rings. The molecule has 0 spiro atoms. The number of fused-ring (bicyclic) bond motifs is 3. The number of alkyl halides is 1. The summed E-state index contributed by atoms with van der Waals surface area (Å²) in [6, 6.07) is 17.2. The second kappa shape index (κ2) is 15.5. The first-order valence-corrected chi connectivity index (χ1v) is 18.2. The van der Waals surface area contributed by atoms with Crippen LogP contribution in [0.4, 0.5) is 16.0 Å². The molecule has 2 aliphatic carbocycles. The Morgan fingerprint density at radius 1 is 0.615 bits per heavy atom. The number of nitrogens with one attached hydrogen (secondary N) is 2. The van der Waals surface area contributed by atoms with Crippen molar-refractivity contribution in [2.45, 2.75) is 72.4 Å². The largest absolute Gasteiger partial charge is 0.366 e. The summed E-state index contributed by atoms with van der Waals surface area (Å²) >= 11 is 3.21. The highest BCUT2D eigenvalue weighted by atomic mass is 79.9. The molecule has 0 amide bonds. The highest BCUT2D eigenvalue weighted by Crippen LogP contribution is 2.28. The number of rotatable bonds is 8. The molecule has 2 fully saturated rings. The Bertz CT molecular complexity index is 2360. The van der Waals surface area contributed by atoms with Crippen LogP contribution in [0.2, 0.25) is 0 Å². The van der Waals surface area contributed by atoms with Crippen LogP contribution in [0, 0.1) is 26.7 Å². The number of hydrogen-bond acceptors (Lipinski definition) is 11. The zero-order valence-corrected chi connectivity index (χ0v) is 31.1. The molecule has 0 aliphatic heterocycles. The van der Waals surface area contributed by atoms with Gasteiger partial charge in [-0.05, 0) is 96.7 Å². The van der Waals surface area contributed by atoms with Crippen LogP contribution in [0.25, 0.3) is 33.1 Å². The molecule has 2 aliphatic rings. The van der Waals surface area contributed by atoms with Crippen molar-refractivity contribution >= 4 is 78.0 Å². The lowest BCUT2D eigenvalue weighted by molar-refractivity contribution is 0.101. The minimum atomic E-state index is -0.629. The van der Waals surface area contributed by atoms with Crippen LogP contribution in [-0.2, 0) is 0 Å². The molecular weight excluding hydrogens is 727 g/mol. The van der Waals surface area contributed by atoms with Crippen LogP contribution >= 0.6 is 15.9 Å². The van der Waals surface area contributed by atoms with Gasteiger partial charge in [0, 0.05) is 28.8 Å². The first-order valence-electron chi connectivity index (χ1n) is 17.0. The van der Waals surface area contributed by atoms with E-state index in [1.54, 1.807) is 44.2 Å². The minimum Gasteiger partial charge on any atom is -0.366 e. The van der Waals surface area contributed by atoms with Crippen molar-refractivity contribution in [3.8, 4) is 0 Å². The Balaban J connectivity index is 0.000000135. The third-order valence-corrected chi connectivity index (χ3v) is 9.08. The monoisotopic (exact) mass is 764 g/mol. The second-order valence-corrected chi connectivity index (χ2v) is 13.5. The Kier molecular flexibility index (Phi) is 10.9. The van der Waals surface area contributed by atoms with Crippen LogP contribution in [0.1, 0.15) is 87.7 Å². The number of carbonyl (C=O) groups is 3. The number of aromatic nitrogens is 6. The van der Waals surface area contributed by atoms with Gasteiger partial charge in [0.2, 0.25) is 5.95 Å². The van der Waals surface area contributed by atoms with E-state index in [1.165, 1.54) is 32.6 Å². The molecule has 52 heavy (non-hydrogen) atoms. The number of benzene rings is 3. The summed E-state index contributed by atoms with van der Waals surface area (Å²) in [5.41, 5.74) is 7.46. The third kappa shape index (κ3) is 8.42. The molecule has 8 rings (SSSR count). The molecule has 0 saturated heterocycles. The number of para-hydroxylation sites is 3. The zero-order chi connectivity index (χ0) is 37.1. The van der Waals surface area contributed by atoms with E-state index in [0.717, 1.165) is 34.1 Å². The number of carbonyl (C=O) groups excluding carboxylic acids is 3. The highest BCUT2D eigenvalue weighted by molar-refractivity contribution is 9.09. The van der Waals surface area contributed by atoms with Crippen molar-refractivity contribution in [3.63, 3.8) is 0 Å². The van der Waals surface area contributed by atoms with E-state index in [0.29, 0.717) is 56.2 Å². The van der Waals surface area contributed by atoms with Crippen molar-refractivity contribution in [2.75, 3.05) is 16.0 Å². The average Bonchev–Trinajstić information content (AvgIpc) is 4.06. The third-order valence-electron chi connectivity index (χ3n) is 8.57. The number of halogens is 2. The van der Waals surface area contributed by atoms with Crippen LogP contribution < -0.4 is 10.6 Å². The van der Waals surface area contributed by atoms with E-state index in [4.69, 9.17) is 0 Å². The summed E-state index contributed by atoms with van der Waals surface area (Å²) in [4.78, 5) is 60.8. The lowest BCUT2D eigenvalue weighted by atomic mass is 10.1. The Hall–Kier alpha value is -5.30. The molecule has 3 aromatic carbocycles. The van der Waals surface area contributed by atoms with Gasteiger partial charge in [-0.15, -0.1) is 0 Å². The smallest absolute Gasteiger partial charge is 0.234 e. The lowest BCUT2D eigenvalue weighted by Crippen LogP contribution is -2.09. The molecule has 13 heteroatoms. The van der Waals surface area contributed by atoms with Gasteiger partial charge >= 0.3 is 0 Å². The molecule has 2 saturated carbocycles. The standard InChI is InChI=1S/C14H14BrN3O.C14H15N3O.C11H9FN2O/c1-8-14(17-9-5-6-9)18-13-10(12(19)7-15)3-2-4-11(13)16-8;1-8-14(16-10-6-7-10)17-13-11(9(2)18)4-3-5-12(13)15-8;1-6-11(12)14-10-8(7(2)15)4-3-5-9(10)13-6/h2-4,9H,5-7H2,1H3,(H,17,18);3-5,10H,6-7H2,1-2H3,(H,16,17);3-5H,1-2H3. The predicted molar refractivity (Wildman–Crippen MR) is 204 cm³/mol. The number of anilines is 2. The molecule has 0 bridgehead atoms. The summed E-state index contributed by atoms with van der Waals surface area (Å²) in [7, 11) is 0. The molecule has 0 atom stereocenters. The van der Waals surface area contributed by atoms with Gasteiger partial charge in [0.15, 0.2) is 17.3 Å². The Morgan fingerprint density at radius 2 is 1.00 bits per heavy atom. The quantitative estimate of drug-likeness (QED) is 0.114. The van der Waals surface area contributed by atoms with E-state index >= 15 is 0 Å². The van der Waals surface area contributed by atoms with Crippen LogP contribution in [-0.4, -0.2) is 64.7 Å². The minimum absolute atomic E-state index is 0.0242. The number of Topliss-reactive ketones (excluding diaryl/α,β-unsaturated/α-hetero) is 3. The summed E-state index contributed by atoms with van der Waals surface area (Å²) in [5, 5.41) is 7.02. The fourth-order valence-electron chi connectivity index (χ4n) is 5.46. The summed E-state index contributed by atoms with van der Waals surface area (Å²) in [6.45, 7) is 8.41. The van der Waals surface area contributed by atoms with E-state index in [-0.39, 0.29) is 23.0 Å². The molecule has 0 radical (unpaired) electrons. The lowest BCUT2D eigenvalue weighted by Gasteiger charge is -2.10. The molecule has 3 aromatic heterocycles. The molecule has 11 nitrogen and oxygen atoms in total. The topological polar surface area (TPSA) is 153 Å². The van der Waals surface area contributed by atoms with Crippen LogP contribution in [0.15, 0.2) is 54.6 Å². The summed E-state index contributed by atoms with van der Waals surface area (Å²) in [6.07, 6.45) is 4.74.